The molecule has 1 amide bonds. The summed E-state index contributed by atoms with van der Waals surface area (Å²) in [5.74, 6) is 1.18. The molecule has 2 aromatic rings. The molecule has 2 aliphatic heterocycles. The molecule has 2 atom stereocenters. The number of nitrogens with one attached hydrogen (secondary N) is 1. The number of hydrogen-bond acceptors (Lipinski definition) is 5. The fourth-order valence-electron chi connectivity index (χ4n) is 5.35. The van der Waals surface area contributed by atoms with E-state index < -0.39 is 0 Å². The molecule has 2 aliphatic rings. The number of hydrogen-bond donors (Lipinski definition) is 1. The van der Waals surface area contributed by atoms with Crippen molar-refractivity contribution in [1.29, 1.82) is 0 Å². The van der Waals surface area contributed by atoms with Crippen LogP contribution in [0.5, 0.6) is 5.75 Å². The minimum atomic E-state index is -0.380. The summed E-state index contributed by atoms with van der Waals surface area (Å²) in [6.07, 6.45) is 6.91. The Bertz CT molecular complexity index is 1070. The van der Waals surface area contributed by atoms with Gasteiger partial charge in [0.15, 0.2) is 0 Å². The lowest BCUT2D eigenvalue weighted by Gasteiger charge is -2.44. The molecule has 1 N–H and O–H groups in total. The van der Waals surface area contributed by atoms with Crippen molar-refractivity contribution in [3.8, 4) is 5.75 Å². The molecule has 0 saturated carbocycles. The van der Waals surface area contributed by atoms with E-state index in [1.165, 1.54) is 45.2 Å². The Kier molecular flexibility index (Phi) is 7.53. The first kappa shape index (κ1) is 23.6. The van der Waals surface area contributed by atoms with Gasteiger partial charge in [0.2, 0.25) is 5.91 Å². The van der Waals surface area contributed by atoms with Crippen molar-refractivity contribution < 1.29 is 13.9 Å². The van der Waals surface area contributed by atoms with Crippen LogP contribution in [0.3, 0.4) is 0 Å². The largest absolute Gasteiger partial charge is 0.489 e. The van der Waals surface area contributed by atoms with E-state index in [1.807, 2.05) is 26.0 Å². The topological polar surface area (TPSA) is 71.8 Å². The average molecular weight is 453 g/mol. The third-order valence-corrected chi connectivity index (χ3v) is 7.14. The Labute approximate surface area is 196 Å². The van der Waals surface area contributed by atoms with Gasteiger partial charge >= 0.3 is 5.63 Å². The van der Waals surface area contributed by atoms with E-state index >= 15 is 0 Å². The Morgan fingerprint density at radius 1 is 1.24 bits per heavy atom. The van der Waals surface area contributed by atoms with Gasteiger partial charge in [-0.3, -0.25) is 4.79 Å². The third kappa shape index (κ3) is 5.67. The Morgan fingerprint density at radius 2 is 2.06 bits per heavy atom. The standard InChI is InChI=1S/C27H36N2O4/c1-18(2)17-32-21-9-10-22-19(3)23(27(31)33-25(22)15-21)11-12-26(30)28-16-20-7-6-14-29-13-5-4-8-24(20)29/h9-10,15,20,24H,1,4-8,11-14,16-17H2,2-3H3,(H,28,30)/t20-,24-/m0/s1. The van der Waals surface area contributed by atoms with Crippen molar-refractivity contribution in [2.75, 3.05) is 26.2 Å². The molecule has 33 heavy (non-hydrogen) atoms. The quantitative estimate of drug-likeness (QED) is 0.476. The van der Waals surface area contributed by atoms with Gasteiger partial charge in [0.05, 0.1) is 0 Å². The van der Waals surface area contributed by atoms with Gasteiger partial charge in [-0.05, 0) is 88.2 Å². The number of piperidine rings is 2. The molecule has 2 fully saturated rings. The van der Waals surface area contributed by atoms with Gasteiger partial charge in [0.1, 0.15) is 17.9 Å². The molecule has 1 aromatic heterocycles. The zero-order chi connectivity index (χ0) is 23.4. The lowest BCUT2D eigenvalue weighted by Crippen LogP contribution is -2.51. The minimum absolute atomic E-state index is 0.00497. The molecule has 6 nitrogen and oxygen atoms in total. The summed E-state index contributed by atoms with van der Waals surface area (Å²) in [6, 6.07) is 6.13. The van der Waals surface area contributed by atoms with Gasteiger partial charge in [0.25, 0.3) is 0 Å². The maximum absolute atomic E-state index is 12.6. The van der Waals surface area contributed by atoms with E-state index in [9.17, 15) is 9.59 Å². The number of ether oxygens (including phenoxy) is 1. The summed E-state index contributed by atoms with van der Waals surface area (Å²) < 4.78 is 11.2. The summed E-state index contributed by atoms with van der Waals surface area (Å²) in [4.78, 5) is 27.9. The van der Waals surface area contributed by atoms with Crippen molar-refractivity contribution >= 4 is 16.9 Å². The summed E-state index contributed by atoms with van der Waals surface area (Å²) >= 11 is 0. The maximum atomic E-state index is 12.6. The highest BCUT2D eigenvalue weighted by molar-refractivity contribution is 5.82. The molecule has 0 bridgehead atoms. The summed E-state index contributed by atoms with van der Waals surface area (Å²) in [5.41, 5.74) is 2.48. The number of nitrogens with zero attached hydrogens (tertiary/aromatic N) is 1. The van der Waals surface area contributed by atoms with E-state index in [1.54, 1.807) is 6.07 Å². The molecule has 6 heteroatoms. The van der Waals surface area contributed by atoms with E-state index in [-0.39, 0.29) is 18.0 Å². The van der Waals surface area contributed by atoms with Crippen molar-refractivity contribution in [3.05, 3.63) is 51.9 Å². The first-order valence-corrected chi connectivity index (χ1v) is 12.3. The zero-order valence-corrected chi connectivity index (χ0v) is 20.0. The van der Waals surface area contributed by atoms with Gasteiger partial charge in [-0.1, -0.05) is 13.0 Å². The molecular formula is C27H36N2O4. The van der Waals surface area contributed by atoms with E-state index in [0.29, 0.717) is 41.9 Å². The molecule has 0 radical (unpaired) electrons. The number of carbonyl (C=O) groups is 1. The molecule has 2 saturated heterocycles. The van der Waals surface area contributed by atoms with Gasteiger partial charge in [-0.2, -0.15) is 0 Å². The second-order valence-electron chi connectivity index (χ2n) is 9.70. The normalized spacial score (nSPS) is 20.9. The van der Waals surface area contributed by atoms with Crippen molar-refractivity contribution in [3.63, 3.8) is 0 Å². The molecule has 0 unspecified atom stereocenters. The predicted molar refractivity (Wildman–Crippen MR) is 131 cm³/mol. The van der Waals surface area contributed by atoms with Gasteiger partial charge in [-0.15, -0.1) is 0 Å². The SMILES string of the molecule is C=C(C)COc1ccc2c(C)c(CCC(=O)NC[C@@H]3CCCN4CCCC[C@@H]34)c(=O)oc2c1. The highest BCUT2D eigenvalue weighted by Gasteiger charge is 2.32. The van der Waals surface area contributed by atoms with Gasteiger partial charge in [-0.25, -0.2) is 4.79 Å². The number of amides is 1. The summed E-state index contributed by atoms with van der Waals surface area (Å²) in [5, 5.41) is 4.01. The van der Waals surface area contributed by atoms with Crippen LogP contribution in [0.2, 0.25) is 0 Å². The Morgan fingerprint density at radius 3 is 2.88 bits per heavy atom. The van der Waals surface area contributed by atoms with E-state index in [0.717, 1.165) is 23.1 Å². The van der Waals surface area contributed by atoms with Crippen LogP contribution in [-0.4, -0.2) is 43.1 Å². The van der Waals surface area contributed by atoms with E-state index in [2.05, 4.69) is 16.8 Å². The summed E-state index contributed by atoms with van der Waals surface area (Å²) in [6.45, 7) is 11.2. The minimum Gasteiger partial charge on any atom is -0.489 e. The predicted octanol–water partition coefficient (Wildman–Crippen LogP) is 4.37. The smallest absolute Gasteiger partial charge is 0.339 e. The van der Waals surface area contributed by atoms with Crippen LogP contribution in [0.15, 0.2) is 39.6 Å². The number of rotatable bonds is 8. The van der Waals surface area contributed by atoms with Crippen molar-refractivity contribution in [1.82, 2.24) is 10.2 Å². The lowest BCUT2D eigenvalue weighted by molar-refractivity contribution is -0.121. The van der Waals surface area contributed by atoms with Crippen molar-refractivity contribution in [2.45, 2.75) is 64.8 Å². The number of carbonyl (C=O) groups excluding carboxylic acids is 1. The van der Waals surface area contributed by atoms with Crippen LogP contribution in [0.1, 0.15) is 56.6 Å². The van der Waals surface area contributed by atoms with Crippen LogP contribution >= 0.6 is 0 Å². The summed E-state index contributed by atoms with van der Waals surface area (Å²) in [7, 11) is 0. The molecule has 1 aromatic carbocycles. The number of fused-ring (bicyclic) bond motifs is 2. The monoisotopic (exact) mass is 452 g/mol. The Hall–Kier alpha value is -2.60. The molecular weight excluding hydrogens is 416 g/mol. The fraction of sp³-hybridized carbons (Fsp3) is 0.556. The lowest BCUT2D eigenvalue weighted by atomic mass is 9.83. The van der Waals surface area contributed by atoms with Crippen LogP contribution in [0.4, 0.5) is 0 Å². The fourth-order valence-corrected chi connectivity index (χ4v) is 5.35. The molecule has 0 aliphatic carbocycles. The second kappa shape index (κ2) is 10.6. The second-order valence-corrected chi connectivity index (χ2v) is 9.70. The average Bonchev–Trinajstić information content (AvgIpc) is 2.81. The van der Waals surface area contributed by atoms with Crippen LogP contribution in [0.25, 0.3) is 11.0 Å². The molecule has 3 heterocycles. The van der Waals surface area contributed by atoms with Crippen LogP contribution < -0.4 is 15.7 Å². The first-order valence-electron chi connectivity index (χ1n) is 12.3. The first-order chi connectivity index (χ1) is 15.9. The van der Waals surface area contributed by atoms with Crippen LogP contribution in [-0.2, 0) is 11.2 Å². The van der Waals surface area contributed by atoms with Gasteiger partial charge < -0.3 is 19.4 Å². The Balaban J connectivity index is 1.36. The third-order valence-electron chi connectivity index (χ3n) is 7.14. The highest BCUT2D eigenvalue weighted by Crippen LogP contribution is 2.30. The van der Waals surface area contributed by atoms with E-state index in [4.69, 9.17) is 9.15 Å². The zero-order valence-electron chi connectivity index (χ0n) is 20.0. The molecule has 178 valence electrons. The maximum Gasteiger partial charge on any atom is 0.339 e. The molecule has 0 spiro atoms. The van der Waals surface area contributed by atoms with Gasteiger partial charge in [0, 0.05) is 36.0 Å². The van der Waals surface area contributed by atoms with Crippen LogP contribution in [0, 0.1) is 12.8 Å². The van der Waals surface area contributed by atoms with Crippen molar-refractivity contribution in [2.24, 2.45) is 5.92 Å². The number of aryl methyl sites for hydroxylation is 1. The molecule has 4 rings (SSSR count). The number of benzene rings is 1. The highest BCUT2D eigenvalue weighted by atomic mass is 16.5.